The van der Waals surface area contributed by atoms with Crippen LogP contribution < -0.4 is 0 Å². The summed E-state index contributed by atoms with van der Waals surface area (Å²) in [7, 11) is 1.87. The van der Waals surface area contributed by atoms with Gasteiger partial charge in [-0.05, 0) is 35.8 Å². The molecule has 1 saturated carbocycles. The highest BCUT2D eigenvalue weighted by Crippen LogP contribution is 2.28. The van der Waals surface area contributed by atoms with Gasteiger partial charge in [0, 0.05) is 20.0 Å². The van der Waals surface area contributed by atoms with Crippen molar-refractivity contribution in [3.8, 4) is 11.8 Å². The lowest BCUT2D eigenvalue weighted by Crippen LogP contribution is -2.27. The average molecular weight is 291 g/mol. The summed E-state index contributed by atoms with van der Waals surface area (Å²) in [5, 5.41) is 10.7. The minimum atomic E-state index is -0.118. The van der Waals surface area contributed by atoms with E-state index in [1.807, 2.05) is 23.4 Å². The topological polar surface area (TPSA) is 40.5 Å². The van der Waals surface area contributed by atoms with E-state index in [0.717, 1.165) is 10.4 Å². The molecule has 1 aromatic rings. The minimum absolute atomic E-state index is 0.118. The molecule has 0 saturated heterocycles. The fourth-order valence-electron chi connectivity index (χ4n) is 2.63. The summed E-state index contributed by atoms with van der Waals surface area (Å²) in [6.45, 7) is 0.524. The molecule has 0 radical (unpaired) electrons. The van der Waals surface area contributed by atoms with Crippen LogP contribution in [0, 0.1) is 17.8 Å². The predicted octanol–water partition coefficient (Wildman–Crippen LogP) is 2.63. The molecule has 2 rings (SSSR count). The molecule has 1 N–H and O–H groups in total. The van der Waals surface area contributed by atoms with Crippen molar-refractivity contribution < 1.29 is 9.90 Å². The lowest BCUT2D eigenvalue weighted by molar-refractivity contribution is -0.131. The largest absolute Gasteiger partial charge is 0.384 e. The van der Waals surface area contributed by atoms with Crippen LogP contribution in [0.4, 0.5) is 0 Å². The highest BCUT2D eigenvalue weighted by atomic mass is 32.1. The molecule has 108 valence electrons. The van der Waals surface area contributed by atoms with Crippen molar-refractivity contribution in [3.05, 3.63) is 21.9 Å². The second kappa shape index (κ2) is 7.47. The van der Waals surface area contributed by atoms with Gasteiger partial charge >= 0.3 is 0 Å². The fraction of sp³-hybridized carbons (Fsp3) is 0.562. The Hall–Kier alpha value is -1.31. The first-order valence-corrected chi connectivity index (χ1v) is 7.98. The number of rotatable bonds is 4. The molecular weight excluding hydrogens is 270 g/mol. The zero-order valence-electron chi connectivity index (χ0n) is 11.9. The van der Waals surface area contributed by atoms with Crippen molar-refractivity contribution in [1.29, 1.82) is 0 Å². The van der Waals surface area contributed by atoms with Crippen molar-refractivity contribution in [2.75, 3.05) is 13.7 Å². The number of aliphatic hydroxyl groups excluding tert-OH is 1. The maximum absolute atomic E-state index is 12.2. The first-order chi connectivity index (χ1) is 9.69. The van der Waals surface area contributed by atoms with E-state index in [1.165, 1.54) is 25.7 Å². The molecule has 0 unspecified atom stereocenters. The Morgan fingerprint density at radius 1 is 1.50 bits per heavy atom. The molecule has 20 heavy (non-hydrogen) atoms. The first kappa shape index (κ1) is 15.1. The number of nitrogens with zero attached hydrogens (tertiary/aromatic N) is 1. The second-order valence-electron chi connectivity index (χ2n) is 5.38. The number of amides is 1. The van der Waals surface area contributed by atoms with E-state index in [9.17, 15) is 4.79 Å². The monoisotopic (exact) mass is 291 g/mol. The van der Waals surface area contributed by atoms with Gasteiger partial charge in [-0.2, -0.15) is 0 Å². The summed E-state index contributed by atoms with van der Waals surface area (Å²) < 4.78 is 0. The minimum Gasteiger partial charge on any atom is -0.384 e. The van der Waals surface area contributed by atoms with Gasteiger partial charge in [-0.15, -0.1) is 11.3 Å². The normalized spacial score (nSPS) is 14.9. The first-order valence-electron chi connectivity index (χ1n) is 7.10. The van der Waals surface area contributed by atoms with Gasteiger partial charge in [0.1, 0.15) is 6.61 Å². The standard InChI is InChI=1S/C16H21NO2S/c1-17(16(19)10-13-5-2-3-6-13)11-14-9-15(20-12-14)7-4-8-18/h9,12-13,18H,2-3,5-6,8,10-11H2,1H3. The number of aliphatic hydroxyl groups is 1. The van der Waals surface area contributed by atoms with Crippen molar-refractivity contribution in [3.63, 3.8) is 0 Å². The van der Waals surface area contributed by atoms with E-state index in [4.69, 9.17) is 5.11 Å². The maximum Gasteiger partial charge on any atom is 0.222 e. The van der Waals surface area contributed by atoms with Crippen LogP contribution in [0.5, 0.6) is 0 Å². The Morgan fingerprint density at radius 3 is 2.95 bits per heavy atom. The van der Waals surface area contributed by atoms with E-state index in [1.54, 1.807) is 11.3 Å². The van der Waals surface area contributed by atoms with Gasteiger partial charge in [-0.25, -0.2) is 0 Å². The third-order valence-electron chi connectivity index (χ3n) is 3.73. The van der Waals surface area contributed by atoms with Crippen molar-refractivity contribution in [1.82, 2.24) is 4.90 Å². The van der Waals surface area contributed by atoms with Crippen molar-refractivity contribution in [2.24, 2.45) is 5.92 Å². The van der Waals surface area contributed by atoms with Crippen LogP contribution in [0.25, 0.3) is 0 Å². The molecule has 0 bridgehead atoms. The average Bonchev–Trinajstić information content (AvgIpc) is 3.08. The third-order valence-corrected chi connectivity index (χ3v) is 4.62. The summed E-state index contributed by atoms with van der Waals surface area (Å²) in [6.07, 6.45) is 5.66. The van der Waals surface area contributed by atoms with Crippen LogP contribution >= 0.6 is 11.3 Å². The van der Waals surface area contributed by atoms with Crippen LogP contribution in [-0.2, 0) is 11.3 Å². The SMILES string of the molecule is CN(Cc1csc(C#CCO)c1)C(=O)CC1CCCC1. The lowest BCUT2D eigenvalue weighted by Gasteiger charge is -2.18. The van der Waals surface area contributed by atoms with E-state index in [-0.39, 0.29) is 12.5 Å². The fourth-order valence-corrected chi connectivity index (χ4v) is 3.40. The number of thiophene rings is 1. The van der Waals surface area contributed by atoms with Crippen LogP contribution in [0.3, 0.4) is 0 Å². The molecule has 1 aliphatic rings. The summed E-state index contributed by atoms with van der Waals surface area (Å²) in [5.41, 5.74) is 1.11. The second-order valence-corrected chi connectivity index (χ2v) is 6.29. The Kier molecular flexibility index (Phi) is 5.63. The van der Waals surface area contributed by atoms with E-state index < -0.39 is 0 Å². The molecule has 0 spiro atoms. The number of carbonyl (C=O) groups is 1. The van der Waals surface area contributed by atoms with Gasteiger partial charge in [0.15, 0.2) is 0 Å². The summed E-state index contributed by atoms with van der Waals surface area (Å²) in [4.78, 5) is 14.9. The quantitative estimate of drug-likeness (QED) is 0.866. The molecule has 1 aliphatic carbocycles. The Morgan fingerprint density at radius 2 is 2.25 bits per heavy atom. The van der Waals surface area contributed by atoms with E-state index in [0.29, 0.717) is 18.9 Å². The van der Waals surface area contributed by atoms with Crippen LogP contribution in [-0.4, -0.2) is 29.6 Å². The highest BCUT2D eigenvalue weighted by molar-refractivity contribution is 7.10. The number of carbonyl (C=O) groups excluding carboxylic acids is 1. The Bertz CT molecular complexity index is 506. The van der Waals surface area contributed by atoms with Crippen molar-refractivity contribution >= 4 is 17.2 Å². The van der Waals surface area contributed by atoms with Gasteiger partial charge in [0.25, 0.3) is 0 Å². The molecule has 0 aliphatic heterocycles. The smallest absolute Gasteiger partial charge is 0.222 e. The highest BCUT2D eigenvalue weighted by Gasteiger charge is 2.20. The molecule has 0 atom stereocenters. The Balaban J connectivity index is 1.85. The zero-order valence-corrected chi connectivity index (χ0v) is 12.7. The third kappa shape index (κ3) is 4.36. The molecule has 4 heteroatoms. The number of hydrogen-bond donors (Lipinski definition) is 1. The summed E-state index contributed by atoms with van der Waals surface area (Å²) >= 11 is 1.55. The summed E-state index contributed by atoms with van der Waals surface area (Å²) in [6, 6.07) is 1.99. The van der Waals surface area contributed by atoms with Crippen LogP contribution in [0.1, 0.15) is 42.5 Å². The van der Waals surface area contributed by atoms with Gasteiger partial charge in [0.05, 0.1) is 4.88 Å². The molecular formula is C16H21NO2S. The van der Waals surface area contributed by atoms with Crippen molar-refractivity contribution in [2.45, 2.75) is 38.6 Å². The van der Waals surface area contributed by atoms with E-state index in [2.05, 4.69) is 11.8 Å². The van der Waals surface area contributed by atoms with Gasteiger partial charge in [0.2, 0.25) is 5.91 Å². The zero-order chi connectivity index (χ0) is 14.4. The van der Waals surface area contributed by atoms with Gasteiger partial charge in [-0.3, -0.25) is 4.79 Å². The molecule has 0 aromatic carbocycles. The Labute approximate surface area is 124 Å². The van der Waals surface area contributed by atoms with Crippen LogP contribution in [0.15, 0.2) is 11.4 Å². The van der Waals surface area contributed by atoms with Crippen LogP contribution in [0.2, 0.25) is 0 Å². The molecule has 1 heterocycles. The molecule has 3 nitrogen and oxygen atoms in total. The maximum atomic E-state index is 12.2. The molecule has 1 aromatic heterocycles. The number of hydrogen-bond acceptors (Lipinski definition) is 3. The summed E-state index contributed by atoms with van der Waals surface area (Å²) in [5.74, 6) is 6.37. The van der Waals surface area contributed by atoms with Gasteiger partial charge < -0.3 is 10.0 Å². The molecule has 1 amide bonds. The lowest BCUT2D eigenvalue weighted by atomic mass is 10.0. The predicted molar refractivity (Wildman–Crippen MR) is 81.3 cm³/mol. The van der Waals surface area contributed by atoms with E-state index >= 15 is 0 Å². The molecule has 1 fully saturated rings. The van der Waals surface area contributed by atoms with Gasteiger partial charge in [-0.1, -0.05) is 24.7 Å².